The monoisotopic (exact) mass is 462 g/mol. The lowest BCUT2D eigenvalue weighted by Crippen LogP contribution is -2.48. The van der Waals surface area contributed by atoms with E-state index in [0.717, 1.165) is 63.6 Å². The van der Waals surface area contributed by atoms with Crippen molar-refractivity contribution in [2.24, 2.45) is 5.92 Å². The maximum Gasteiger partial charge on any atom is 0.290 e. The van der Waals surface area contributed by atoms with Crippen LogP contribution in [0.3, 0.4) is 0 Å². The van der Waals surface area contributed by atoms with Crippen molar-refractivity contribution in [3.05, 3.63) is 45.1 Å². The zero-order chi connectivity index (χ0) is 22.7. The van der Waals surface area contributed by atoms with E-state index in [4.69, 9.17) is 32.0 Å². The molecule has 5 heterocycles. The molecule has 0 aromatic carbocycles. The van der Waals surface area contributed by atoms with Gasteiger partial charge in [0, 0.05) is 56.4 Å². The van der Waals surface area contributed by atoms with Crippen LogP contribution in [0, 0.1) is 5.92 Å². The minimum absolute atomic E-state index is 0.154. The smallest absolute Gasteiger partial charge is 0.290 e. The van der Waals surface area contributed by atoms with Gasteiger partial charge in [0.25, 0.3) is 12.0 Å². The van der Waals surface area contributed by atoms with Crippen molar-refractivity contribution >= 4 is 29.7 Å². The van der Waals surface area contributed by atoms with Crippen LogP contribution in [0.2, 0.25) is 5.02 Å². The van der Waals surface area contributed by atoms with E-state index in [1.807, 2.05) is 10.6 Å². The van der Waals surface area contributed by atoms with E-state index in [9.17, 15) is 4.79 Å². The zero-order valence-electron chi connectivity index (χ0n) is 17.7. The molecule has 0 saturated carbocycles. The topological polar surface area (TPSA) is 127 Å². The number of piperidine rings is 1. The number of ether oxygens (including phenoxy) is 1. The largest absolute Gasteiger partial charge is 0.483 e. The van der Waals surface area contributed by atoms with Crippen LogP contribution in [-0.2, 0) is 22.6 Å². The number of hydrogen-bond donors (Lipinski definition) is 2. The number of hydrogen-bond acceptors (Lipinski definition) is 8. The van der Waals surface area contributed by atoms with Crippen molar-refractivity contribution in [3.8, 4) is 0 Å². The lowest BCUT2D eigenvalue weighted by Gasteiger charge is -2.43. The van der Waals surface area contributed by atoms with Gasteiger partial charge in [-0.1, -0.05) is 17.7 Å². The minimum atomic E-state index is -0.250. The van der Waals surface area contributed by atoms with Gasteiger partial charge >= 0.3 is 0 Å². The normalized spacial score (nSPS) is 22.5. The number of nitrogens with two attached hydrogens (primary N) is 1. The first-order chi connectivity index (χ1) is 15.5. The van der Waals surface area contributed by atoms with E-state index in [1.54, 1.807) is 0 Å². The van der Waals surface area contributed by atoms with E-state index < -0.39 is 0 Å². The number of morpholine rings is 1. The van der Waals surface area contributed by atoms with Gasteiger partial charge < -0.3 is 25.0 Å². The number of rotatable bonds is 3. The Morgan fingerprint density at radius 1 is 1.22 bits per heavy atom. The number of pyridine rings is 1. The van der Waals surface area contributed by atoms with Gasteiger partial charge in [0.05, 0.1) is 13.2 Å². The van der Waals surface area contributed by atoms with Gasteiger partial charge in [0.15, 0.2) is 5.82 Å². The number of carbonyl (C=O) groups is 1. The first-order valence-corrected chi connectivity index (χ1v) is 11.0. The van der Waals surface area contributed by atoms with Crippen LogP contribution in [0.5, 0.6) is 0 Å². The van der Waals surface area contributed by atoms with Crippen LogP contribution in [0.25, 0.3) is 0 Å². The SMILES string of the molecule is Nc1ncnc(N2C[C@@H]3C[C@H](C2)c2ccc(CN4CCOCC4)c(=O)n2C3)c1Cl.O=CO. The van der Waals surface area contributed by atoms with Gasteiger partial charge in [-0.05, 0) is 18.4 Å². The Bertz CT molecular complexity index is 1030. The molecule has 3 aliphatic heterocycles. The standard InChI is InChI=1S/C20H25ClN6O2.CH2O2/c21-17-18(22)23-12-24-19(17)26-8-13-7-15(11-26)16-2-1-14(20(28)27(16)9-13)10-25-3-5-29-6-4-25;2-1-3/h1-2,12-13,15H,3-11H2,(H2,22,23,24);1H,(H,2,3)/t13-,15+;/m0./s1. The molecule has 3 aliphatic rings. The van der Waals surface area contributed by atoms with Gasteiger partial charge in [-0.25, -0.2) is 9.97 Å². The molecule has 2 bridgehead atoms. The molecule has 32 heavy (non-hydrogen) atoms. The number of carboxylic acid groups (broad SMARTS) is 1. The molecule has 5 rings (SSSR count). The third-order valence-electron chi connectivity index (χ3n) is 6.28. The summed E-state index contributed by atoms with van der Waals surface area (Å²) in [7, 11) is 0. The van der Waals surface area contributed by atoms with Crippen LogP contribution in [0.15, 0.2) is 23.3 Å². The molecule has 11 heteroatoms. The highest BCUT2D eigenvalue weighted by molar-refractivity contribution is 6.35. The Labute approximate surface area is 190 Å². The van der Waals surface area contributed by atoms with Crippen LogP contribution in [0.4, 0.5) is 11.6 Å². The van der Waals surface area contributed by atoms with E-state index in [0.29, 0.717) is 29.1 Å². The minimum Gasteiger partial charge on any atom is -0.483 e. The molecule has 0 spiro atoms. The molecule has 2 saturated heterocycles. The lowest BCUT2D eigenvalue weighted by molar-refractivity contribution is -0.122. The molecule has 2 fully saturated rings. The molecule has 3 N–H and O–H groups in total. The number of nitrogen functional groups attached to an aromatic ring is 1. The highest BCUT2D eigenvalue weighted by atomic mass is 35.5. The number of fused-ring (bicyclic) bond motifs is 4. The molecule has 0 unspecified atom stereocenters. The predicted octanol–water partition coefficient (Wildman–Crippen LogP) is 1.03. The Kier molecular flexibility index (Phi) is 6.92. The molecule has 10 nitrogen and oxygen atoms in total. The summed E-state index contributed by atoms with van der Waals surface area (Å²) < 4.78 is 7.42. The van der Waals surface area contributed by atoms with Gasteiger partial charge in [-0.15, -0.1) is 0 Å². The Hall–Kier alpha value is -2.69. The van der Waals surface area contributed by atoms with Crippen molar-refractivity contribution in [2.75, 3.05) is 50.0 Å². The number of halogens is 1. The van der Waals surface area contributed by atoms with Crippen molar-refractivity contribution in [1.82, 2.24) is 19.4 Å². The molecular formula is C21H27ClN6O4. The fraction of sp³-hybridized carbons (Fsp3) is 0.524. The van der Waals surface area contributed by atoms with Gasteiger partial charge in [0.1, 0.15) is 17.2 Å². The van der Waals surface area contributed by atoms with Gasteiger partial charge in [0.2, 0.25) is 0 Å². The van der Waals surface area contributed by atoms with E-state index >= 15 is 0 Å². The second-order valence-corrected chi connectivity index (χ2v) is 8.67. The van der Waals surface area contributed by atoms with Crippen molar-refractivity contribution in [3.63, 3.8) is 0 Å². The summed E-state index contributed by atoms with van der Waals surface area (Å²) in [5.41, 5.74) is 8.01. The average Bonchev–Trinajstić information content (AvgIpc) is 2.79. The van der Waals surface area contributed by atoms with Crippen LogP contribution in [-0.4, -0.2) is 70.4 Å². The summed E-state index contributed by atoms with van der Waals surface area (Å²) in [6, 6.07) is 4.15. The summed E-state index contributed by atoms with van der Waals surface area (Å²) in [5, 5.41) is 7.30. The van der Waals surface area contributed by atoms with Crippen LogP contribution >= 0.6 is 11.6 Å². The predicted molar refractivity (Wildman–Crippen MR) is 120 cm³/mol. The summed E-state index contributed by atoms with van der Waals surface area (Å²) in [4.78, 5) is 34.4. The first-order valence-electron chi connectivity index (χ1n) is 10.6. The number of nitrogens with zero attached hydrogens (tertiary/aromatic N) is 5. The molecule has 2 aromatic heterocycles. The van der Waals surface area contributed by atoms with E-state index in [2.05, 4.69) is 25.8 Å². The molecule has 0 radical (unpaired) electrons. The molecule has 2 atom stereocenters. The highest BCUT2D eigenvalue weighted by Crippen LogP contribution is 2.38. The zero-order valence-corrected chi connectivity index (χ0v) is 18.4. The second kappa shape index (κ2) is 9.85. The van der Waals surface area contributed by atoms with Crippen LogP contribution < -0.4 is 16.2 Å². The quantitative estimate of drug-likeness (QED) is 0.643. The van der Waals surface area contributed by atoms with E-state index in [-0.39, 0.29) is 17.9 Å². The van der Waals surface area contributed by atoms with E-state index in [1.165, 1.54) is 6.33 Å². The third-order valence-corrected chi connectivity index (χ3v) is 6.64. The molecule has 172 valence electrons. The third kappa shape index (κ3) is 4.57. The average molecular weight is 463 g/mol. The number of aromatic nitrogens is 3. The van der Waals surface area contributed by atoms with Crippen molar-refractivity contribution in [2.45, 2.75) is 25.4 Å². The van der Waals surface area contributed by atoms with Gasteiger partial charge in [-0.2, -0.15) is 0 Å². The molecular weight excluding hydrogens is 436 g/mol. The molecule has 0 aliphatic carbocycles. The fourth-order valence-electron chi connectivity index (χ4n) is 4.88. The summed E-state index contributed by atoms with van der Waals surface area (Å²) in [6.45, 7) is 6.00. The molecule has 0 amide bonds. The van der Waals surface area contributed by atoms with Crippen molar-refractivity contribution < 1.29 is 14.6 Å². The first kappa shape index (κ1) is 22.5. The Morgan fingerprint density at radius 2 is 1.97 bits per heavy atom. The Morgan fingerprint density at radius 3 is 2.72 bits per heavy atom. The number of anilines is 2. The molecule has 2 aromatic rings. The van der Waals surface area contributed by atoms with Gasteiger partial charge in [-0.3, -0.25) is 14.5 Å². The van der Waals surface area contributed by atoms with Crippen LogP contribution in [0.1, 0.15) is 23.6 Å². The maximum atomic E-state index is 13.2. The fourth-order valence-corrected chi connectivity index (χ4v) is 5.10. The summed E-state index contributed by atoms with van der Waals surface area (Å²) >= 11 is 6.36. The second-order valence-electron chi connectivity index (χ2n) is 8.29. The van der Waals surface area contributed by atoms with Crippen molar-refractivity contribution in [1.29, 1.82) is 0 Å². The summed E-state index contributed by atoms with van der Waals surface area (Å²) in [6.07, 6.45) is 2.54. The highest BCUT2D eigenvalue weighted by Gasteiger charge is 2.36. The Balaban J connectivity index is 0.000000775. The maximum absolute atomic E-state index is 13.2. The summed E-state index contributed by atoms with van der Waals surface area (Å²) in [5.74, 6) is 1.65. The lowest BCUT2D eigenvalue weighted by atomic mass is 9.83.